The fraction of sp³-hybridized carbons (Fsp3) is 0.0909. The van der Waals surface area contributed by atoms with Crippen LogP contribution in [0.15, 0.2) is 79.1 Å². The molecule has 0 N–H and O–H groups in total. The predicted molar refractivity (Wildman–Crippen MR) is 107 cm³/mol. The van der Waals surface area contributed by atoms with E-state index in [1.165, 1.54) is 0 Å². The molecule has 0 aliphatic rings. The van der Waals surface area contributed by atoms with Gasteiger partial charge in [-0.1, -0.05) is 54.1 Å². The summed E-state index contributed by atoms with van der Waals surface area (Å²) in [5.74, 6) is 0.963. The molecule has 4 heteroatoms. The van der Waals surface area contributed by atoms with Gasteiger partial charge in [0.25, 0.3) is 0 Å². The van der Waals surface area contributed by atoms with Crippen LogP contribution in [0.3, 0.4) is 0 Å². The maximum absolute atomic E-state index is 6.10. The van der Waals surface area contributed by atoms with E-state index in [0.29, 0.717) is 0 Å². The van der Waals surface area contributed by atoms with Gasteiger partial charge in [-0.15, -0.1) is 0 Å². The van der Waals surface area contributed by atoms with E-state index in [1.54, 1.807) is 12.4 Å². The van der Waals surface area contributed by atoms with E-state index in [0.717, 1.165) is 45.5 Å². The molecule has 0 amide bonds. The number of imidazole rings is 1. The van der Waals surface area contributed by atoms with Crippen molar-refractivity contribution in [2.24, 2.45) is 0 Å². The number of nitrogens with zero attached hydrogens (tertiary/aromatic N) is 3. The Morgan fingerprint density at radius 3 is 2.15 bits per heavy atom. The molecule has 0 radical (unpaired) electrons. The summed E-state index contributed by atoms with van der Waals surface area (Å²) >= 11 is 6.10. The van der Waals surface area contributed by atoms with Gasteiger partial charge in [-0.25, -0.2) is 4.98 Å². The first kappa shape index (κ1) is 16.6. The van der Waals surface area contributed by atoms with Crippen LogP contribution in [0.4, 0.5) is 0 Å². The van der Waals surface area contributed by atoms with Gasteiger partial charge in [0.15, 0.2) is 0 Å². The first-order valence-electron chi connectivity index (χ1n) is 8.60. The van der Waals surface area contributed by atoms with Crippen LogP contribution in [0.25, 0.3) is 33.9 Å². The summed E-state index contributed by atoms with van der Waals surface area (Å²) in [5.41, 5.74) is 5.29. The van der Waals surface area contributed by atoms with Crippen LogP contribution >= 0.6 is 11.6 Å². The second-order valence-corrected chi connectivity index (χ2v) is 6.42. The zero-order valence-corrected chi connectivity index (χ0v) is 15.2. The summed E-state index contributed by atoms with van der Waals surface area (Å²) in [6.07, 6.45) is 3.60. The zero-order chi connectivity index (χ0) is 17.9. The lowest BCUT2D eigenvalue weighted by molar-refractivity contribution is 0.778. The van der Waals surface area contributed by atoms with E-state index in [2.05, 4.69) is 28.6 Å². The topological polar surface area (TPSA) is 30.7 Å². The molecule has 2 aromatic carbocycles. The van der Waals surface area contributed by atoms with Gasteiger partial charge in [-0.05, 0) is 31.2 Å². The Balaban J connectivity index is 2.01. The third-order valence-corrected chi connectivity index (χ3v) is 4.64. The van der Waals surface area contributed by atoms with Crippen molar-refractivity contribution in [3.8, 4) is 33.9 Å². The fourth-order valence-electron chi connectivity index (χ4n) is 3.18. The molecule has 2 aromatic heterocycles. The minimum absolute atomic E-state index is 0.727. The smallest absolute Gasteiger partial charge is 0.141 e. The summed E-state index contributed by atoms with van der Waals surface area (Å²) in [4.78, 5) is 9.16. The van der Waals surface area contributed by atoms with E-state index < -0.39 is 0 Å². The number of rotatable bonds is 4. The van der Waals surface area contributed by atoms with Crippen molar-refractivity contribution in [3.05, 3.63) is 84.1 Å². The number of hydrogen-bond acceptors (Lipinski definition) is 2. The third kappa shape index (κ3) is 3.02. The summed E-state index contributed by atoms with van der Waals surface area (Å²) < 4.78 is 2.26. The van der Waals surface area contributed by atoms with Crippen LogP contribution in [0, 0.1) is 0 Å². The maximum atomic E-state index is 6.10. The monoisotopic (exact) mass is 359 g/mol. The molecule has 0 bridgehead atoms. The summed E-state index contributed by atoms with van der Waals surface area (Å²) in [7, 11) is 0. The molecule has 4 rings (SSSR count). The van der Waals surface area contributed by atoms with E-state index in [9.17, 15) is 0 Å². The van der Waals surface area contributed by atoms with Crippen LogP contribution < -0.4 is 0 Å². The van der Waals surface area contributed by atoms with Gasteiger partial charge in [0.1, 0.15) is 5.82 Å². The van der Waals surface area contributed by atoms with E-state index >= 15 is 0 Å². The van der Waals surface area contributed by atoms with Crippen LogP contribution in [0.1, 0.15) is 6.92 Å². The molecule has 0 unspecified atom stereocenters. The van der Waals surface area contributed by atoms with Crippen LogP contribution in [-0.2, 0) is 6.54 Å². The Labute approximate surface area is 157 Å². The Bertz CT molecular complexity index is 1010. The number of benzene rings is 2. The van der Waals surface area contributed by atoms with Crippen molar-refractivity contribution in [3.63, 3.8) is 0 Å². The van der Waals surface area contributed by atoms with Gasteiger partial charge in [-0.2, -0.15) is 0 Å². The predicted octanol–water partition coefficient (Wildman–Crippen LogP) is 5.95. The van der Waals surface area contributed by atoms with Gasteiger partial charge in [0, 0.05) is 40.7 Å². The zero-order valence-electron chi connectivity index (χ0n) is 14.4. The van der Waals surface area contributed by atoms with Crippen molar-refractivity contribution in [2.75, 3.05) is 0 Å². The Morgan fingerprint density at radius 1 is 0.808 bits per heavy atom. The van der Waals surface area contributed by atoms with Gasteiger partial charge in [0.2, 0.25) is 0 Å². The summed E-state index contributed by atoms with van der Waals surface area (Å²) in [5, 5.41) is 0.727. The first-order chi connectivity index (χ1) is 12.8. The first-order valence-corrected chi connectivity index (χ1v) is 8.98. The van der Waals surface area contributed by atoms with E-state index in [1.807, 2.05) is 54.6 Å². The van der Waals surface area contributed by atoms with E-state index in [4.69, 9.17) is 16.6 Å². The highest BCUT2D eigenvalue weighted by Crippen LogP contribution is 2.36. The van der Waals surface area contributed by atoms with Gasteiger partial charge in [-0.3, -0.25) is 4.98 Å². The van der Waals surface area contributed by atoms with Crippen molar-refractivity contribution < 1.29 is 0 Å². The molecule has 0 saturated carbocycles. The molecule has 0 spiro atoms. The summed E-state index contributed by atoms with van der Waals surface area (Å²) in [6, 6.07) is 22.2. The molecule has 4 aromatic rings. The standard InChI is InChI=1S/C22H18ClN3/c1-2-26-21(17-8-10-19(23)11-9-17)20(16-12-14-24-15-13-16)25-22(26)18-6-4-3-5-7-18/h3-15H,2H2,1H3. The van der Waals surface area contributed by atoms with Crippen molar-refractivity contribution in [1.29, 1.82) is 0 Å². The Morgan fingerprint density at radius 2 is 1.50 bits per heavy atom. The molecule has 3 nitrogen and oxygen atoms in total. The number of aromatic nitrogens is 3. The quantitative estimate of drug-likeness (QED) is 0.450. The van der Waals surface area contributed by atoms with Crippen LogP contribution in [0.5, 0.6) is 0 Å². The second kappa shape index (κ2) is 7.14. The highest BCUT2D eigenvalue weighted by atomic mass is 35.5. The number of hydrogen-bond donors (Lipinski definition) is 0. The van der Waals surface area contributed by atoms with Gasteiger partial charge < -0.3 is 4.57 Å². The normalized spacial score (nSPS) is 10.8. The van der Waals surface area contributed by atoms with Crippen molar-refractivity contribution in [2.45, 2.75) is 13.5 Å². The highest BCUT2D eigenvalue weighted by molar-refractivity contribution is 6.30. The molecule has 128 valence electrons. The largest absolute Gasteiger partial charge is 0.324 e. The van der Waals surface area contributed by atoms with Gasteiger partial charge in [0.05, 0.1) is 11.4 Å². The second-order valence-electron chi connectivity index (χ2n) is 5.99. The molecule has 0 aliphatic carbocycles. The average Bonchev–Trinajstić information content (AvgIpc) is 3.09. The lowest BCUT2D eigenvalue weighted by Crippen LogP contribution is -2.00. The number of halogens is 1. The Hall–Kier alpha value is -2.91. The van der Waals surface area contributed by atoms with Crippen molar-refractivity contribution in [1.82, 2.24) is 14.5 Å². The van der Waals surface area contributed by atoms with Crippen LogP contribution in [-0.4, -0.2) is 14.5 Å². The summed E-state index contributed by atoms with van der Waals surface area (Å²) in [6.45, 7) is 2.96. The SMILES string of the molecule is CCn1c(-c2ccccc2)nc(-c2ccncc2)c1-c1ccc(Cl)cc1. The molecular formula is C22H18ClN3. The lowest BCUT2D eigenvalue weighted by Gasteiger charge is -2.11. The highest BCUT2D eigenvalue weighted by Gasteiger charge is 2.20. The lowest BCUT2D eigenvalue weighted by atomic mass is 10.1. The van der Waals surface area contributed by atoms with Crippen LogP contribution in [0.2, 0.25) is 5.02 Å². The molecular weight excluding hydrogens is 342 g/mol. The van der Waals surface area contributed by atoms with Gasteiger partial charge >= 0.3 is 0 Å². The molecule has 0 fully saturated rings. The van der Waals surface area contributed by atoms with E-state index in [-0.39, 0.29) is 0 Å². The fourth-order valence-corrected chi connectivity index (χ4v) is 3.31. The molecule has 0 saturated heterocycles. The third-order valence-electron chi connectivity index (χ3n) is 4.39. The molecule has 2 heterocycles. The molecule has 0 atom stereocenters. The maximum Gasteiger partial charge on any atom is 0.141 e. The van der Waals surface area contributed by atoms with Crippen molar-refractivity contribution >= 4 is 11.6 Å². The number of pyridine rings is 1. The Kier molecular flexibility index (Phi) is 4.55. The molecule has 0 aliphatic heterocycles. The molecule has 26 heavy (non-hydrogen) atoms. The minimum atomic E-state index is 0.727. The average molecular weight is 360 g/mol. The minimum Gasteiger partial charge on any atom is -0.324 e.